The van der Waals surface area contributed by atoms with Crippen LogP contribution in [0.15, 0.2) is 18.2 Å². The van der Waals surface area contributed by atoms with Gasteiger partial charge in [0.25, 0.3) is 0 Å². The molecule has 4 nitrogen and oxygen atoms in total. The SMILES string of the molecule is C[N+]1(CCCOc2ccc(N)cc2N)CCCCC1. The number of nitrogen functional groups attached to an aromatic ring is 2. The molecule has 19 heavy (non-hydrogen) atoms. The fourth-order valence-electron chi connectivity index (χ4n) is 2.83. The molecule has 1 saturated heterocycles. The van der Waals surface area contributed by atoms with Gasteiger partial charge in [0.2, 0.25) is 0 Å². The quantitative estimate of drug-likeness (QED) is 0.487. The summed E-state index contributed by atoms with van der Waals surface area (Å²) in [5.41, 5.74) is 12.8. The van der Waals surface area contributed by atoms with E-state index < -0.39 is 0 Å². The van der Waals surface area contributed by atoms with E-state index in [2.05, 4.69) is 7.05 Å². The van der Waals surface area contributed by atoms with Crippen LogP contribution in [0, 0.1) is 0 Å². The van der Waals surface area contributed by atoms with Crippen LogP contribution in [0.2, 0.25) is 0 Å². The van der Waals surface area contributed by atoms with Crippen molar-refractivity contribution >= 4 is 11.4 Å². The molecule has 4 N–H and O–H groups in total. The Labute approximate surface area is 115 Å². The Morgan fingerprint density at radius 2 is 1.89 bits per heavy atom. The number of quaternary nitrogens is 1. The molecule has 0 saturated carbocycles. The largest absolute Gasteiger partial charge is 0.491 e. The average molecular weight is 264 g/mol. The van der Waals surface area contributed by atoms with Crippen molar-refractivity contribution in [3.63, 3.8) is 0 Å². The van der Waals surface area contributed by atoms with Crippen LogP contribution in [0.5, 0.6) is 5.75 Å². The molecule has 1 aliphatic rings. The minimum absolute atomic E-state index is 0.623. The lowest BCUT2D eigenvalue weighted by Gasteiger charge is -2.37. The van der Waals surface area contributed by atoms with E-state index in [9.17, 15) is 0 Å². The van der Waals surface area contributed by atoms with E-state index in [0.717, 1.165) is 18.8 Å². The summed E-state index contributed by atoms with van der Waals surface area (Å²) in [6.07, 6.45) is 5.19. The first-order chi connectivity index (χ1) is 9.09. The summed E-state index contributed by atoms with van der Waals surface area (Å²) in [5, 5.41) is 0. The lowest BCUT2D eigenvalue weighted by atomic mass is 10.1. The Morgan fingerprint density at radius 3 is 2.58 bits per heavy atom. The first-order valence-electron chi connectivity index (χ1n) is 7.20. The predicted octanol–water partition coefficient (Wildman–Crippen LogP) is 2.25. The summed E-state index contributed by atoms with van der Waals surface area (Å²) in [6, 6.07) is 5.42. The van der Waals surface area contributed by atoms with Gasteiger partial charge in [-0.15, -0.1) is 0 Å². The monoisotopic (exact) mass is 264 g/mol. The molecule has 1 fully saturated rings. The van der Waals surface area contributed by atoms with Gasteiger partial charge in [-0.25, -0.2) is 0 Å². The second-order valence-corrected chi connectivity index (χ2v) is 5.85. The van der Waals surface area contributed by atoms with Gasteiger partial charge in [-0.05, 0) is 37.5 Å². The molecule has 4 heteroatoms. The lowest BCUT2D eigenvalue weighted by Crippen LogP contribution is -2.48. The van der Waals surface area contributed by atoms with Crippen molar-refractivity contribution in [3.8, 4) is 5.75 Å². The molecule has 0 unspecified atom stereocenters. The van der Waals surface area contributed by atoms with Crippen molar-refractivity contribution in [1.29, 1.82) is 0 Å². The number of hydrogen-bond donors (Lipinski definition) is 2. The normalized spacial score (nSPS) is 18.2. The third kappa shape index (κ3) is 4.03. The highest BCUT2D eigenvalue weighted by Gasteiger charge is 2.23. The summed E-state index contributed by atoms with van der Waals surface area (Å²) >= 11 is 0. The maximum Gasteiger partial charge on any atom is 0.142 e. The highest BCUT2D eigenvalue weighted by Crippen LogP contribution is 2.24. The van der Waals surface area contributed by atoms with E-state index in [-0.39, 0.29) is 0 Å². The molecule has 106 valence electrons. The molecular weight excluding hydrogens is 238 g/mol. The topological polar surface area (TPSA) is 61.3 Å². The first kappa shape index (κ1) is 14.0. The minimum Gasteiger partial charge on any atom is -0.491 e. The number of nitrogens with two attached hydrogens (primary N) is 2. The molecule has 1 heterocycles. The maximum absolute atomic E-state index is 5.86. The van der Waals surface area contributed by atoms with Crippen LogP contribution in [0.4, 0.5) is 11.4 Å². The highest BCUT2D eigenvalue weighted by atomic mass is 16.5. The molecule has 0 amide bonds. The van der Waals surface area contributed by atoms with E-state index in [1.165, 1.54) is 43.4 Å². The zero-order valence-electron chi connectivity index (χ0n) is 11.9. The number of rotatable bonds is 5. The summed E-state index contributed by atoms with van der Waals surface area (Å²) in [7, 11) is 2.36. The molecule has 0 bridgehead atoms. The molecule has 1 aliphatic heterocycles. The Hall–Kier alpha value is -1.42. The molecule has 0 spiro atoms. The lowest BCUT2D eigenvalue weighted by molar-refractivity contribution is -0.914. The van der Waals surface area contributed by atoms with Gasteiger partial charge in [0.15, 0.2) is 0 Å². The van der Waals surface area contributed by atoms with Gasteiger partial charge in [-0.1, -0.05) is 0 Å². The van der Waals surface area contributed by atoms with Crippen LogP contribution in [-0.2, 0) is 0 Å². The van der Waals surface area contributed by atoms with Crippen LogP contribution in [0.1, 0.15) is 25.7 Å². The number of hydrogen-bond acceptors (Lipinski definition) is 3. The molecule has 1 aromatic rings. The first-order valence-corrected chi connectivity index (χ1v) is 7.20. The van der Waals surface area contributed by atoms with Crippen LogP contribution >= 0.6 is 0 Å². The second kappa shape index (κ2) is 6.15. The Bertz CT molecular complexity index is 414. The standard InChI is InChI=1S/C15H26N3O/c1-18(8-3-2-4-9-18)10-5-11-19-15-7-6-13(16)12-14(15)17/h6-7,12H,2-5,8-11,16-17H2,1H3/q+1. The Balaban J connectivity index is 1.74. The van der Waals surface area contributed by atoms with Crippen molar-refractivity contribution in [2.75, 3.05) is 44.8 Å². The number of anilines is 2. The molecule has 0 radical (unpaired) electrons. The van der Waals surface area contributed by atoms with Gasteiger partial charge < -0.3 is 20.7 Å². The van der Waals surface area contributed by atoms with E-state index in [0.29, 0.717) is 11.4 Å². The van der Waals surface area contributed by atoms with Crippen molar-refractivity contribution in [1.82, 2.24) is 0 Å². The number of piperidine rings is 1. The maximum atomic E-state index is 5.86. The van der Waals surface area contributed by atoms with Gasteiger partial charge in [0.1, 0.15) is 5.75 Å². The van der Waals surface area contributed by atoms with E-state index >= 15 is 0 Å². The van der Waals surface area contributed by atoms with Crippen LogP contribution in [-0.4, -0.2) is 37.8 Å². The van der Waals surface area contributed by atoms with E-state index in [1.54, 1.807) is 6.07 Å². The third-order valence-corrected chi connectivity index (χ3v) is 4.03. The van der Waals surface area contributed by atoms with Gasteiger partial charge in [0, 0.05) is 12.1 Å². The Kier molecular flexibility index (Phi) is 4.53. The molecule has 0 aromatic heterocycles. The average Bonchev–Trinajstić information content (AvgIpc) is 2.37. The summed E-state index contributed by atoms with van der Waals surface area (Å²) in [5.74, 6) is 0.746. The number of benzene rings is 1. The predicted molar refractivity (Wildman–Crippen MR) is 80.0 cm³/mol. The highest BCUT2D eigenvalue weighted by molar-refractivity contribution is 5.60. The van der Waals surface area contributed by atoms with E-state index in [1.807, 2.05) is 12.1 Å². The van der Waals surface area contributed by atoms with Crippen molar-refractivity contribution in [2.24, 2.45) is 0 Å². The Morgan fingerprint density at radius 1 is 1.16 bits per heavy atom. The van der Waals surface area contributed by atoms with Gasteiger partial charge in [-0.3, -0.25) is 0 Å². The molecule has 1 aromatic carbocycles. The fraction of sp³-hybridized carbons (Fsp3) is 0.600. The fourth-order valence-corrected chi connectivity index (χ4v) is 2.83. The minimum atomic E-state index is 0.623. The second-order valence-electron chi connectivity index (χ2n) is 5.85. The zero-order valence-corrected chi connectivity index (χ0v) is 11.9. The van der Waals surface area contributed by atoms with Gasteiger partial charge in [-0.2, -0.15) is 0 Å². The number of likely N-dealkylation sites (tertiary alicyclic amines) is 1. The summed E-state index contributed by atoms with van der Waals surface area (Å²) in [4.78, 5) is 0. The molecule has 0 atom stereocenters. The van der Waals surface area contributed by atoms with Crippen molar-refractivity contribution in [2.45, 2.75) is 25.7 Å². The smallest absolute Gasteiger partial charge is 0.142 e. The summed E-state index contributed by atoms with van der Waals surface area (Å²) in [6.45, 7) is 4.53. The molecular formula is C15H26N3O+. The van der Waals surface area contributed by atoms with Crippen LogP contribution in [0.25, 0.3) is 0 Å². The van der Waals surface area contributed by atoms with Crippen molar-refractivity contribution in [3.05, 3.63) is 18.2 Å². The van der Waals surface area contributed by atoms with E-state index in [4.69, 9.17) is 16.2 Å². The molecule has 2 rings (SSSR count). The van der Waals surface area contributed by atoms with Gasteiger partial charge in [0.05, 0.1) is 39.0 Å². The third-order valence-electron chi connectivity index (χ3n) is 4.03. The zero-order chi connectivity index (χ0) is 13.7. The summed E-state index contributed by atoms with van der Waals surface area (Å²) < 4.78 is 6.93. The van der Waals surface area contributed by atoms with Crippen LogP contribution in [0.3, 0.4) is 0 Å². The van der Waals surface area contributed by atoms with Gasteiger partial charge >= 0.3 is 0 Å². The number of ether oxygens (including phenoxy) is 1. The van der Waals surface area contributed by atoms with Crippen molar-refractivity contribution < 1.29 is 9.22 Å². The molecule has 0 aliphatic carbocycles. The number of nitrogens with zero attached hydrogens (tertiary/aromatic N) is 1. The van der Waals surface area contributed by atoms with Crippen LogP contribution < -0.4 is 16.2 Å².